The van der Waals surface area contributed by atoms with Gasteiger partial charge in [0, 0.05) is 24.7 Å². The van der Waals surface area contributed by atoms with Gasteiger partial charge in [-0.2, -0.15) is 0 Å². The van der Waals surface area contributed by atoms with E-state index in [-0.39, 0.29) is 37.4 Å². The summed E-state index contributed by atoms with van der Waals surface area (Å²) >= 11 is 0. The van der Waals surface area contributed by atoms with E-state index in [0.717, 1.165) is 22.7 Å². The molecule has 3 aromatic rings. The second-order valence-electron chi connectivity index (χ2n) is 8.89. The number of carbonyl (C=O) groups is 1. The molecule has 1 amide bonds. The summed E-state index contributed by atoms with van der Waals surface area (Å²) in [6.45, 7) is 0.238. The summed E-state index contributed by atoms with van der Waals surface area (Å²) in [7, 11) is -7.42. The molecule has 0 radical (unpaired) electrons. The Bertz CT molecular complexity index is 1460. The van der Waals surface area contributed by atoms with Gasteiger partial charge in [-0.05, 0) is 54.8 Å². The van der Waals surface area contributed by atoms with Gasteiger partial charge in [0.1, 0.15) is 12.4 Å². The van der Waals surface area contributed by atoms with Crippen LogP contribution in [0.25, 0.3) is 10.9 Å². The van der Waals surface area contributed by atoms with Crippen LogP contribution in [0.3, 0.4) is 0 Å². The number of carbonyl (C=O) groups excluding carboxylic acids is 1. The van der Waals surface area contributed by atoms with Crippen molar-refractivity contribution in [2.24, 2.45) is 5.41 Å². The maximum absolute atomic E-state index is 13.2. The second kappa shape index (κ2) is 10.1. The topological polar surface area (TPSA) is 143 Å². The first-order valence-corrected chi connectivity index (χ1v) is 14.7. The van der Waals surface area contributed by atoms with Gasteiger partial charge in [0.2, 0.25) is 10.0 Å². The summed E-state index contributed by atoms with van der Waals surface area (Å²) in [5.41, 5.74) is 1.90. The summed E-state index contributed by atoms with van der Waals surface area (Å²) in [6.07, 6.45) is 2.71. The highest BCUT2D eigenvalue weighted by atomic mass is 32.2. The average Bonchev–Trinajstić information content (AvgIpc) is 2.86. The first-order valence-electron chi connectivity index (χ1n) is 11.2. The molecule has 0 spiro atoms. The lowest BCUT2D eigenvalue weighted by atomic mass is 9.80. The van der Waals surface area contributed by atoms with E-state index in [2.05, 4.69) is 4.98 Å². The summed E-state index contributed by atoms with van der Waals surface area (Å²) in [5.74, 6) is -0.935. The van der Waals surface area contributed by atoms with Crippen LogP contribution in [0.2, 0.25) is 0 Å². The molecule has 192 valence electrons. The number of ether oxygens (including phenoxy) is 1. The van der Waals surface area contributed by atoms with Crippen LogP contribution in [-0.4, -0.2) is 62.3 Å². The van der Waals surface area contributed by atoms with E-state index in [1.54, 1.807) is 23.8 Å². The number of pyridine rings is 1. The maximum Gasteiger partial charge on any atom is 0.250 e. The Balaban J connectivity index is 1.48. The van der Waals surface area contributed by atoms with Crippen molar-refractivity contribution < 1.29 is 31.6 Å². The molecule has 1 aromatic heterocycles. The van der Waals surface area contributed by atoms with E-state index in [0.29, 0.717) is 5.75 Å². The fraction of sp³-hybridized carbons (Fsp3) is 0.333. The third-order valence-electron chi connectivity index (χ3n) is 6.51. The van der Waals surface area contributed by atoms with E-state index in [1.807, 2.05) is 30.3 Å². The standard InChI is InChI=1S/C24H27N3O7S2/c1-35(30,31)27-14-11-24(12-15-27,23(28)26-29)17-36(32,33)20-9-7-19(8-10-20)34-16-18-4-2-6-22-21(18)5-3-13-25-22/h2-10,13,29H,11-12,14-17H2,1H3,(H,26,28). The number of fused-ring (bicyclic) bond motifs is 1. The maximum atomic E-state index is 13.2. The SMILES string of the molecule is CS(=O)(=O)N1CCC(CS(=O)(=O)c2ccc(OCc3cccc4ncccc34)cc2)(C(=O)NO)CC1. The molecule has 1 aliphatic rings. The van der Waals surface area contributed by atoms with Gasteiger partial charge in [-0.1, -0.05) is 18.2 Å². The van der Waals surface area contributed by atoms with Crippen LogP contribution >= 0.6 is 0 Å². The van der Waals surface area contributed by atoms with Crippen molar-refractivity contribution in [3.63, 3.8) is 0 Å². The van der Waals surface area contributed by atoms with Crippen molar-refractivity contribution >= 4 is 36.7 Å². The molecule has 10 nitrogen and oxygen atoms in total. The molecule has 1 saturated heterocycles. The Labute approximate surface area is 209 Å². The van der Waals surface area contributed by atoms with Crippen LogP contribution < -0.4 is 10.2 Å². The number of benzene rings is 2. The molecule has 2 heterocycles. The number of rotatable bonds is 8. The van der Waals surface area contributed by atoms with Crippen molar-refractivity contribution in [2.75, 3.05) is 25.1 Å². The molecule has 12 heteroatoms. The van der Waals surface area contributed by atoms with Crippen LogP contribution in [0.4, 0.5) is 0 Å². The van der Waals surface area contributed by atoms with Gasteiger partial charge in [0.15, 0.2) is 9.84 Å². The van der Waals surface area contributed by atoms with E-state index in [9.17, 15) is 26.8 Å². The lowest BCUT2D eigenvalue weighted by Gasteiger charge is -2.38. The van der Waals surface area contributed by atoms with Crippen molar-refractivity contribution in [2.45, 2.75) is 24.3 Å². The van der Waals surface area contributed by atoms with Gasteiger partial charge in [-0.25, -0.2) is 26.6 Å². The Hall–Kier alpha value is -3.06. The molecule has 2 aromatic carbocycles. The zero-order chi connectivity index (χ0) is 26.0. The quantitative estimate of drug-likeness (QED) is 0.331. The normalized spacial score (nSPS) is 16.5. The molecule has 1 aliphatic heterocycles. The van der Waals surface area contributed by atoms with Crippen molar-refractivity contribution in [1.82, 2.24) is 14.8 Å². The smallest absolute Gasteiger partial charge is 0.250 e. The summed E-state index contributed by atoms with van der Waals surface area (Å²) in [5, 5.41) is 10.2. The second-order valence-corrected chi connectivity index (χ2v) is 12.9. The third kappa shape index (κ3) is 5.51. The average molecular weight is 534 g/mol. The number of nitrogens with zero attached hydrogens (tertiary/aromatic N) is 2. The number of sulfonamides is 1. The Morgan fingerprint density at radius 2 is 1.75 bits per heavy atom. The summed E-state index contributed by atoms with van der Waals surface area (Å²) < 4.78 is 57.1. The summed E-state index contributed by atoms with van der Waals surface area (Å²) in [4.78, 5) is 16.8. The molecule has 0 aliphatic carbocycles. The molecular weight excluding hydrogens is 506 g/mol. The predicted octanol–water partition coefficient (Wildman–Crippen LogP) is 2.13. The van der Waals surface area contributed by atoms with Gasteiger partial charge in [0.05, 0.1) is 27.8 Å². The number of sulfone groups is 1. The predicted molar refractivity (Wildman–Crippen MR) is 133 cm³/mol. The van der Waals surface area contributed by atoms with Crippen molar-refractivity contribution in [3.05, 3.63) is 66.4 Å². The van der Waals surface area contributed by atoms with Crippen LogP contribution in [0.15, 0.2) is 65.7 Å². The van der Waals surface area contributed by atoms with Crippen LogP contribution in [0.5, 0.6) is 5.75 Å². The van der Waals surface area contributed by atoms with Crippen LogP contribution in [0, 0.1) is 5.41 Å². The van der Waals surface area contributed by atoms with Gasteiger partial charge < -0.3 is 4.74 Å². The minimum absolute atomic E-state index is 0.000122. The molecule has 0 bridgehead atoms. The molecule has 2 N–H and O–H groups in total. The van der Waals surface area contributed by atoms with Crippen LogP contribution in [0.1, 0.15) is 18.4 Å². The Morgan fingerprint density at radius 3 is 2.39 bits per heavy atom. The summed E-state index contributed by atoms with van der Waals surface area (Å²) in [6, 6.07) is 15.4. The minimum atomic E-state index is -3.94. The number of hydrogen-bond acceptors (Lipinski definition) is 8. The van der Waals surface area contributed by atoms with Crippen LogP contribution in [-0.2, 0) is 31.3 Å². The lowest BCUT2D eigenvalue weighted by Crippen LogP contribution is -2.52. The lowest BCUT2D eigenvalue weighted by molar-refractivity contribution is -0.140. The van der Waals surface area contributed by atoms with Gasteiger partial charge in [-0.15, -0.1) is 0 Å². The third-order valence-corrected chi connectivity index (χ3v) is 9.74. The van der Waals surface area contributed by atoms with Gasteiger partial charge >= 0.3 is 0 Å². The number of hydroxylamine groups is 1. The van der Waals surface area contributed by atoms with Gasteiger partial charge in [-0.3, -0.25) is 15.0 Å². The van der Waals surface area contributed by atoms with E-state index >= 15 is 0 Å². The fourth-order valence-corrected chi connectivity index (χ4v) is 7.16. The zero-order valence-electron chi connectivity index (χ0n) is 19.6. The largest absolute Gasteiger partial charge is 0.489 e. The first-order chi connectivity index (χ1) is 17.0. The molecule has 0 unspecified atom stereocenters. The van der Waals surface area contributed by atoms with Crippen molar-refractivity contribution in [1.29, 1.82) is 0 Å². The highest BCUT2D eigenvalue weighted by Gasteiger charge is 2.46. The number of amides is 1. The number of aromatic nitrogens is 1. The number of piperidine rings is 1. The highest BCUT2D eigenvalue weighted by Crippen LogP contribution is 2.36. The van der Waals surface area contributed by atoms with Crippen molar-refractivity contribution in [3.8, 4) is 5.75 Å². The van der Waals surface area contributed by atoms with Gasteiger partial charge in [0.25, 0.3) is 5.91 Å². The number of nitrogens with one attached hydrogen (secondary N) is 1. The molecular formula is C24H27N3O7S2. The zero-order valence-corrected chi connectivity index (χ0v) is 21.3. The Morgan fingerprint density at radius 1 is 1.06 bits per heavy atom. The van der Waals surface area contributed by atoms with E-state index in [1.165, 1.54) is 16.4 Å². The highest BCUT2D eigenvalue weighted by molar-refractivity contribution is 7.91. The molecule has 36 heavy (non-hydrogen) atoms. The molecule has 4 rings (SSSR count). The Kier molecular flexibility index (Phi) is 7.32. The monoisotopic (exact) mass is 533 g/mol. The molecule has 1 fully saturated rings. The fourth-order valence-electron chi connectivity index (χ4n) is 4.45. The van der Waals surface area contributed by atoms with E-state index < -0.39 is 36.9 Å². The first kappa shape index (κ1) is 26.0. The van der Waals surface area contributed by atoms with E-state index in [4.69, 9.17) is 4.74 Å². The number of hydrogen-bond donors (Lipinski definition) is 2. The molecule has 0 saturated carbocycles. The molecule has 0 atom stereocenters. The minimum Gasteiger partial charge on any atom is -0.489 e.